The van der Waals surface area contributed by atoms with E-state index in [0.29, 0.717) is 47.7 Å². The molecule has 28 heavy (non-hydrogen) atoms. The maximum atomic E-state index is 13.1. The lowest BCUT2D eigenvalue weighted by atomic mass is 10.1. The van der Waals surface area contributed by atoms with Crippen LogP contribution in [-0.4, -0.2) is 49.1 Å². The number of sulfonamides is 1. The van der Waals surface area contributed by atoms with E-state index in [-0.39, 0.29) is 0 Å². The van der Waals surface area contributed by atoms with Gasteiger partial charge in [-0.05, 0) is 37.1 Å². The van der Waals surface area contributed by atoms with Crippen molar-refractivity contribution in [1.29, 1.82) is 0 Å². The van der Waals surface area contributed by atoms with Crippen molar-refractivity contribution in [2.45, 2.75) is 25.0 Å². The van der Waals surface area contributed by atoms with Crippen LogP contribution in [0.1, 0.15) is 17.0 Å². The molecule has 0 saturated carbocycles. The molecule has 0 aliphatic carbocycles. The minimum atomic E-state index is -3.53. The molecule has 0 atom stereocenters. The van der Waals surface area contributed by atoms with Gasteiger partial charge in [0.1, 0.15) is 4.21 Å². The van der Waals surface area contributed by atoms with Crippen molar-refractivity contribution in [3.05, 3.63) is 46.7 Å². The summed E-state index contributed by atoms with van der Waals surface area (Å²) in [5.74, 6) is 0.795. The van der Waals surface area contributed by atoms with Gasteiger partial charge in [-0.25, -0.2) is 8.42 Å². The van der Waals surface area contributed by atoms with Crippen LogP contribution in [0.3, 0.4) is 0 Å². The van der Waals surface area contributed by atoms with Crippen molar-refractivity contribution in [1.82, 2.24) is 14.5 Å². The van der Waals surface area contributed by atoms with Crippen LogP contribution in [0.25, 0.3) is 11.5 Å². The molecule has 0 amide bonds. The summed E-state index contributed by atoms with van der Waals surface area (Å²) >= 11 is 1.18. The van der Waals surface area contributed by atoms with Gasteiger partial charge in [-0.1, -0.05) is 12.1 Å². The summed E-state index contributed by atoms with van der Waals surface area (Å²) in [6, 6.07) is 7.99. The molecule has 0 N–H and O–H groups in total. The molecular weight excluding hydrogens is 396 g/mol. The standard InChI is InChI=1S/C19H22N4O3S2/c1-13-4-5-14(2)17(10-13)22-6-8-23(9-7-22)28(24,25)18-11-16(12-27-18)19-21-20-15(3)26-19/h4-5,10-12H,6-9H2,1-3H3. The first kappa shape index (κ1) is 19.1. The molecule has 0 bridgehead atoms. The van der Waals surface area contributed by atoms with Gasteiger partial charge in [0.25, 0.3) is 10.0 Å². The van der Waals surface area contributed by atoms with Crippen molar-refractivity contribution in [3.8, 4) is 11.5 Å². The van der Waals surface area contributed by atoms with Gasteiger partial charge in [0, 0.05) is 44.2 Å². The van der Waals surface area contributed by atoms with E-state index in [0.717, 1.165) is 0 Å². The van der Waals surface area contributed by atoms with E-state index in [4.69, 9.17) is 4.42 Å². The summed E-state index contributed by atoms with van der Waals surface area (Å²) in [5, 5.41) is 9.50. The predicted octanol–water partition coefficient (Wildman–Crippen LogP) is 3.23. The van der Waals surface area contributed by atoms with Gasteiger partial charge in [0.2, 0.25) is 11.8 Å². The molecule has 1 aliphatic rings. The van der Waals surface area contributed by atoms with E-state index in [1.807, 2.05) is 0 Å². The Kier molecular flexibility index (Phi) is 4.98. The fourth-order valence-electron chi connectivity index (χ4n) is 3.33. The van der Waals surface area contributed by atoms with Crippen LogP contribution < -0.4 is 4.90 Å². The van der Waals surface area contributed by atoms with E-state index >= 15 is 0 Å². The van der Waals surface area contributed by atoms with Gasteiger partial charge in [-0.2, -0.15) is 4.31 Å². The third-order valence-electron chi connectivity index (χ3n) is 4.89. The predicted molar refractivity (Wildman–Crippen MR) is 109 cm³/mol. The fraction of sp³-hybridized carbons (Fsp3) is 0.368. The average molecular weight is 419 g/mol. The van der Waals surface area contributed by atoms with Crippen LogP contribution in [0.5, 0.6) is 0 Å². The molecule has 1 fully saturated rings. The van der Waals surface area contributed by atoms with E-state index in [1.54, 1.807) is 22.7 Å². The van der Waals surface area contributed by atoms with Gasteiger partial charge in [0.05, 0.1) is 5.56 Å². The summed E-state index contributed by atoms with van der Waals surface area (Å²) < 4.78 is 33.4. The second kappa shape index (κ2) is 7.31. The Labute approximate surface area is 168 Å². The van der Waals surface area contributed by atoms with E-state index in [2.05, 4.69) is 47.1 Å². The molecule has 9 heteroatoms. The minimum absolute atomic E-state index is 0.304. The normalized spacial score (nSPS) is 15.9. The summed E-state index contributed by atoms with van der Waals surface area (Å²) in [6.45, 7) is 8.13. The first-order chi connectivity index (χ1) is 13.3. The van der Waals surface area contributed by atoms with Gasteiger partial charge < -0.3 is 9.32 Å². The number of hydrogen-bond donors (Lipinski definition) is 0. The molecule has 4 rings (SSSR count). The lowest BCUT2D eigenvalue weighted by molar-refractivity contribution is 0.385. The Morgan fingerprint density at radius 2 is 1.79 bits per heavy atom. The number of nitrogens with zero attached hydrogens (tertiary/aromatic N) is 4. The number of aryl methyl sites for hydroxylation is 3. The first-order valence-electron chi connectivity index (χ1n) is 9.06. The Balaban J connectivity index is 1.49. The molecular formula is C19H22N4O3S2. The van der Waals surface area contributed by atoms with Gasteiger partial charge in [-0.15, -0.1) is 21.5 Å². The zero-order chi connectivity index (χ0) is 19.9. The second-order valence-corrected chi connectivity index (χ2v) is 10.0. The molecule has 7 nitrogen and oxygen atoms in total. The maximum Gasteiger partial charge on any atom is 0.252 e. The Morgan fingerprint density at radius 1 is 1.04 bits per heavy atom. The zero-order valence-corrected chi connectivity index (χ0v) is 17.7. The summed E-state index contributed by atoms with van der Waals surface area (Å²) in [5.41, 5.74) is 4.23. The maximum absolute atomic E-state index is 13.1. The SMILES string of the molecule is Cc1ccc(C)c(N2CCN(S(=O)(=O)c3cc(-c4nnc(C)o4)cs3)CC2)c1. The monoisotopic (exact) mass is 418 g/mol. The minimum Gasteiger partial charge on any atom is -0.421 e. The number of piperazine rings is 1. The van der Waals surface area contributed by atoms with Crippen molar-refractivity contribution in [3.63, 3.8) is 0 Å². The average Bonchev–Trinajstić information content (AvgIpc) is 3.33. The van der Waals surface area contributed by atoms with Crippen molar-refractivity contribution < 1.29 is 12.8 Å². The smallest absolute Gasteiger partial charge is 0.252 e. The summed E-state index contributed by atoms with van der Waals surface area (Å²) in [6.07, 6.45) is 0. The Morgan fingerprint density at radius 3 is 2.46 bits per heavy atom. The van der Waals surface area contributed by atoms with Crippen molar-refractivity contribution in [2.24, 2.45) is 0 Å². The van der Waals surface area contributed by atoms with Gasteiger partial charge in [-0.3, -0.25) is 0 Å². The number of aromatic nitrogens is 2. The highest BCUT2D eigenvalue weighted by Gasteiger charge is 2.30. The number of hydrogen-bond acceptors (Lipinski definition) is 7. The zero-order valence-electron chi connectivity index (χ0n) is 16.0. The second-order valence-electron chi connectivity index (χ2n) is 6.96. The summed E-state index contributed by atoms with van der Waals surface area (Å²) in [7, 11) is -3.53. The lowest BCUT2D eigenvalue weighted by Crippen LogP contribution is -2.48. The van der Waals surface area contributed by atoms with Crippen molar-refractivity contribution in [2.75, 3.05) is 31.1 Å². The molecule has 0 spiro atoms. The highest BCUT2D eigenvalue weighted by Crippen LogP contribution is 2.31. The number of rotatable bonds is 4. The molecule has 148 valence electrons. The molecule has 3 heterocycles. The largest absolute Gasteiger partial charge is 0.421 e. The van der Waals surface area contributed by atoms with Gasteiger partial charge >= 0.3 is 0 Å². The molecule has 0 unspecified atom stereocenters. The molecule has 0 radical (unpaired) electrons. The fourth-order valence-corrected chi connectivity index (χ4v) is 6.06. The van der Waals surface area contributed by atoms with Crippen LogP contribution in [0.4, 0.5) is 5.69 Å². The highest BCUT2D eigenvalue weighted by atomic mass is 32.2. The number of anilines is 1. The Bertz CT molecular complexity index is 1100. The van der Waals surface area contributed by atoms with Crippen LogP contribution in [0.15, 0.2) is 38.3 Å². The topological polar surface area (TPSA) is 79.5 Å². The molecule has 1 aromatic carbocycles. The summed E-state index contributed by atoms with van der Waals surface area (Å²) in [4.78, 5) is 2.26. The third-order valence-corrected chi connectivity index (χ3v) is 8.20. The van der Waals surface area contributed by atoms with Crippen LogP contribution in [-0.2, 0) is 10.0 Å². The van der Waals surface area contributed by atoms with Crippen LogP contribution in [0.2, 0.25) is 0 Å². The van der Waals surface area contributed by atoms with E-state index < -0.39 is 10.0 Å². The first-order valence-corrected chi connectivity index (χ1v) is 11.4. The van der Waals surface area contributed by atoms with Gasteiger partial charge in [0.15, 0.2) is 0 Å². The van der Waals surface area contributed by atoms with Crippen LogP contribution >= 0.6 is 11.3 Å². The quantitative estimate of drug-likeness (QED) is 0.647. The molecule has 1 aliphatic heterocycles. The van der Waals surface area contributed by atoms with E-state index in [9.17, 15) is 8.42 Å². The van der Waals surface area contributed by atoms with Crippen LogP contribution in [0, 0.1) is 20.8 Å². The third kappa shape index (κ3) is 3.57. The lowest BCUT2D eigenvalue weighted by Gasteiger charge is -2.36. The highest BCUT2D eigenvalue weighted by molar-refractivity contribution is 7.91. The Hall–Kier alpha value is -2.23. The van der Waals surface area contributed by atoms with E-state index in [1.165, 1.54) is 28.2 Å². The molecule has 1 saturated heterocycles. The number of thiophene rings is 1. The number of benzene rings is 1. The molecule has 3 aromatic rings. The van der Waals surface area contributed by atoms with Crippen molar-refractivity contribution >= 4 is 27.0 Å². The molecule has 2 aromatic heterocycles.